The Morgan fingerprint density at radius 3 is 2.65 bits per heavy atom. The van der Waals surface area contributed by atoms with Crippen LogP contribution >= 0.6 is 12.2 Å². The summed E-state index contributed by atoms with van der Waals surface area (Å²) >= 11 is 5.34. The van der Waals surface area contributed by atoms with Gasteiger partial charge in [0.15, 0.2) is 4.77 Å². The van der Waals surface area contributed by atoms with E-state index in [0.717, 1.165) is 17.9 Å². The summed E-state index contributed by atoms with van der Waals surface area (Å²) < 4.78 is 2.61. The van der Waals surface area contributed by atoms with E-state index in [-0.39, 0.29) is 0 Å². The van der Waals surface area contributed by atoms with Gasteiger partial charge in [0.25, 0.3) is 0 Å². The molecule has 100 valence electrons. The van der Waals surface area contributed by atoms with Gasteiger partial charge in [-0.15, -0.1) is 0 Å². The highest BCUT2D eigenvalue weighted by Gasteiger charge is 2.08. The normalized spacial score (nSPS) is 10.7. The van der Waals surface area contributed by atoms with Crippen molar-refractivity contribution in [1.29, 1.82) is 0 Å². The Bertz CT molecular complexity index is 772. The van der Waals surface area contributed by atoms with Gasteiger partial charge in [-0.05, 0) is 36.8 Å². The van der Waals surface area contributed by atoms with E-state index in [1.165, 1.54) is 11.1 Å². The van der Waals surface area contributed by atoms with Crippen molar-refractivity contribution < 1.29 is 0 Å². The fourth-order valence-electron chi connectivity index (χ4n) is 2.30. The molecule has 1 heterocycles. The van der Waals surface area contributed by atoms with Crippen LogP contribution in [0.25, 0.3) is 5.69 Å². The molecule has 0 bridgehead atoms. The molecule has 3 aromatic rings. The summed E-state index contributed by atoms with van der Waals surface area (Å²) in [6.07, 6.45) is 0.754. The highest BCUT2D eigenvalue weighted by atomic mass is 32.1. The first-order valence-corrected chi connectivity index (χ1v) is 6.92. The van der Waals surface area contributed by atoms with Gasteiger partial charge in [0.1, 0.15) is 5.82 Å². The van der Waals surface area contributed by atoms with Gasteiger partial charge in [0, 0.05) is 12.1 Å². The van der Waals surface area contributed by atoms with Gasteiger partial charge in [0.05, 0.1) is 0 Å². The Balaban J connectivity index is 2.02. The molecule has 0 unspecified atom stereocenters. The zero-order valence-corrected chi connectivity index (χ0v) is 12.0. The van der Waals surface area contributed by atoms with E-state index in [4.69, 9.17) is 12.2 Å². The number of aromatic amines is 1. The maximum Gasteiger partial charge on any atom is 0.199 e. The number of rotatable bonds is 3. The lowest BCUT2D eigenvalue weighted by Crippen LogP contribution is -2.02. The van der Waals surface area contributed by atoms with E-state index >= 15 is 0 Å². The first-order chi connectivity index (χ1) is 9.74. The van der Waals surface area contributed by atoms with Crippen LogP contribution in [0, 0.1) is 11.7 Å². The largest absolute Gasteiger partial charge is 0.272 e. The molecule has 0 aliphatic carbocycles. The van der Waals surface area contributed by atoms with Gasteiger partial charge < -0.3 is 0 Å². The van der Waals surface area contributed by atoms with Crippen LogP contribution in [-0.4, -0.2) is 14.8 Å². The maximum atomic E-state index is 5.34. The van der Waals surface area contributed by atoms with Crippen molar-refractivity contribution in [3.8, 4) is 5.69 Å². The Labute approximate surface area is 122 Å². The summed E-state index contributed by atoms with van der Waals surface area (Å²) in [6, 6.07) is 18.5. The Kier molecular flexibility index (Phi) is 3.48. The van der Waals surface area contributed by atoms with Crippen LogP contribution in [0.5, 0.6) is 0 Å². The lowest BCUT2D eigenvalue weighted by atomic mass is 10.1. The minimum absolute atomic E-state index is 0.624. The third-order valence-electron chi connectivity index (χ3n) is 3.20. The average Bonchev–Trinajstić information content (AvgIpc) is 2.81. The summed E-state index contributed by atoms with van der Waals surface area (Å²) in [5.74, 6) is 0.923. The molecule has 1 N–H and O–H groups in total. The van der Waals surface area contributed by atoms with Crippen LogP contribution in [0.1, 0.15) is 17.0 Å². The number of aryl methyl sites for hydroxylation is 1. The number of aromatic nitrogens is 3. The van der Waals surface area contributed by atoms with Gasteiger partial charge >= 0.3 is 0 Å². The molecule has 2 aromatic carbocycles. The molecule has 0 aliphatic heterocycles. The summed E-state index contributed by atoms with van der Waals surface area (Å²) in [7, 11) is 0. The maximum absolute atomic E-state index is 5.34. The second kappa shape index (κ2) is 5.43. The zero-order chi connectivity index (χ0) is 13.9. The number of hydrogen-bond acceptors (Lipinski definition) is 2. The highest BCUT2D eigenvalue weighted by molar-refractivity contribution is 7.71. The highest BCUT2D eigenvalue weighted by Crippen LogP contribution is 2.14. The van der Waals surface area contributed by atoms with Crippen LogP contribution in [0.2, 0.25) is 0 Å². The van der Waals surface area contributed by atoms with E-state index in [1.54, 1.807) is 0 Å². The summed E-state index contributed by atoms with van der Waals surface area (Å²) in [4.78, 5) is 0. The first kappa shape index (κ1) is 12.8. The molecule has 3 rings (SSSR count). The van der Waals surface area contributed by atoms with Crippen molar-refractivity contribution in [2.24, 2.45) is 0 Å². The van der Waals surface area contributed by atoms with E-state index in [9.17, 15) is 0 Å². The van der Waals surface area contributed by atoms with Crippen molar-refractivity contribution in [1.82, 2.24) is 14.8 Å². The number of hydrogen-bond donors (Lipinski definition) is 1. The average molecular weight is 281 g/mol. The van der Waals surface area contributed by atoms with E-state index in [1.807, 2.05) is 34.9 Å². The van der Waals surface area contributed by atoms with Crippen molar-refractivity contribution >= 4 is 12.2 Å². The van der Waals surface area contributed by atoms with Crippen molar-refractivity contribution in [3.63, 3.8) is 0 Å². The SMILES string of the molecule is Cc1cccc(Cc2n[nH]c(=S)n2-c2ccccc2)c1. The third-order valence-corrected chi connectivity index (χ3v) is 3.47. The standard InChI is InChI=1S/C16H15N3S/c1-12-6-5-7-13(10-12)11-15-17-18-16(20)19(15)14-8-3-2-4-9-14/h2-10H,11H2,1H3,(H,18,20). The molecule has 0 radical (unpaired) electrons. The second-order valence-electron chi connectivity index (χ2n) is 4.78. The molecule has 4 heteroatoms. The molecule has 3 nitrogen and oxygen atoms in total. The fraction of sp³-hybridized carbons (Fsp3) is 0.125. The summed E-state index contributed by atoms with van der Waals surface area (Å²) in [5, 5.41) is 7.25. The Morgan fingerprint density at radius 2 is 1.90 bits per heavy atom. The minimum Gasteiger partial charge on any atom is -0.272 e. The van der Waals surface area contributed by atoms with Crippen molar-refractivity contribution in [2.75, 3.05) is 0 Å². The molecule has 0 fully saturated rings. The van der Waals surface area contributed by atoms with Gasteiger partial charge in [-0.3, -0.25) is 9.67 Å². The third kappa shape index (κ3) is 2.56. The molecular formula is C16H15N3S. The van der Waals surface area contributed by atoms with Crippen LogP contribution < -0.4 is 0 Å². The number of nitrogens with one attached hydrogen (secondary N) is 1. The number of nitrogens with zero attached hydrogens (tertiary/aromatic N) is 2. The Morgan fingerprint density at radius 1 is 1.10 bits per heavy atom. The van der Waals surface area contributed by atoms with Gasteiger partial charge in [0.2, 0.25) is 0 Å². The van der Waals surface area contributed by atoms with Crippen molar-refractivity contribution in [2.45, 2.75) is 13.3 Å². The molecular weight excluding hydrogens is 266 g/mol. The molecule has 0 spiro atoms. The van der Waals surface area contributed by atoms with Crippen molar-refractivity contribution in [3.05, 3.63) is 76.3 Å². The van der Waals surface area contributed by atoms with E-state index < -0.39 is 0 Å². The molecule has 20 heavy (non-hydrogen) atoms. The lowest BCUT2D eigenvalue weighted by Gasteiger charge is -2.07. The number of H-pyrrole nitrogens is 1. The van der Waals surface area contributed by atoms with Crippen LogP contribution in [0.4, 0.5) is 0 Å². The predicted molar refractivity (Wildman–Crippen MR) is 82.7 cm³/mol. The van der Waals surface area contributed by atoms with Gasteiger partial charge in [-0.1, -0.05) is 48.0 Å². The summed E-state index contributed by atoms with van der Waals surface area (Å²) in [6.45, 7) is 2.10. The monoisotopic (exact) mass is 281 g/mol. The lowest BCUT2D eigenvalue weighted by molar-refractivity contribution is 0.901. The molecule has 0 saturated carbocycles. The smallest absolute Gasteiger partial charge is 0.199 e. The quantitative estimate of drug-likeness (QED) is 0.740. The number of benzene rings is 2. The summed E-state index contributed by atoms with van der Waals surface area (Å²) in [5.41, 5.74) is 3.52. The van der Waals surface area contributed by atoms with E-state index in [0.29, 0.717) is 4.77 Å². The molecule has 0 amide bonds. The van der Waals surface area contributed by atoms with Crippen LogP contribution in [0.15, 0.2) is 54.6 Å². The molecule has 0 saturated heterocycles. The molecule has 0 aliphatic rings. The zero-order valence-electron chi connectivity index (χ0n) is 11.2. The number of para-hydroxylation sites is 1. The van der Waals surface area contributed by atoms with Crippen LogP contribution in [-0.2, 0) is 6.42 Å². The minimum atomic E-state index is 0.624. The topological polar surface area (TPSA) is 33.6 Å². The second-order valence-corrected chi connectivity index (χ2v) is 5.17. The van der Waals surface area contributed by atoms with Crippen LogP contribution in [0.3, 0.4) is 0 Å². The first-order valence-electron chi connectivity index (χ1n) is 6.51. The van der Waals surface area contributed by atoms with Gasteiger partial charge in [-0.2, -0.15) is 5.10 Å². The van der Waals surface area contributed by atoms with E-state index in [2.05, 4.69) is 41.4 Å². The molecule has 0 atom stereocenters. The molecule has 1 aromatic heterocycles. The fourth-order valence-corrected chi connectivity index (χ4v) is 2.55. The predicted octanol–water partition coefficient (Wildman–Crippen LogP) is 3.83. The van der Waals surface area contributed by atoms with Gasteiger partial charge in [-0.25, -0.2) is 0 Å². The Hall–Kier alpha value is -2.20.